The third kappa shape index (κ3) is 6.38. The number of rotatable bonds is 14. The zero-order chi connectivity index (χ0) is 25.2. The first-order valence-electron chi connectivity index (χ1n) is 12.7. The van der Waals surface area contributed by atoms with E-state index in [2.05, 4.69) is 47.5 Å². The van der Waals surface area contributed by atoms with Crippen molar-refractivity contribution in [1.82, 2.24) is 40.4 Å². The van der Waals surface area contributed by atoms with Crippen LogP contribution in [0.4, 0.5) is 0 Å². The minimum atomic E-state index is -0.548. The Hall–Kier alpha value is -3.50. The molecule has 4 aromatic rings. The van der Waals surface area contributed by atoms with Gasteiger partial charge in [0.15, 0.2) is 0 Å². The summed E-state index contributed by atoms with van der Waals surface area (Å²) < 4.78 is 13.8. The predicted octanol–water partition coefficient (Wildman–Crippen LogP) is 4.76. The topological polar surface area (TPSA) is 117 Å². The van der Waals surface area contributed by atoms with Gasteiger partial charge in [0.1, 0.15) is 5.82 Å². The second-order valence-corrected chi connectivity index (χ2v) is 8.55. The number of benzene rings is 1. The van der Waals surface area contributed by atoms with Gasteiger partial charge in [-0.15, -0.1) is 10.2 Å². The predicted molar refractivity (Wildman–Crippen MR) is 136 cm³/mol. The van der Waals surface area contributed by atoms with E-state index < -0.39 is 6.29 Å². The molecule has 1 N–H and O–H groups in total. The minimum Gasteiger partial charge on any atom is -0.346 e. The number of aromatic nitrogens is 8. The largest absolute Gasteiger partial charge is 0.346 e. The van der Waals surface area contributed by atoms with Gasteiger partial charge in [-0.1, -0.05) is 57.5 Å². The van der Waals surface area contributed by atoms with Gasteiger partial charge in [0.25, 0.3) is 0 Å². The number of aryl methyl sites for hydroxylation is 1. The smallest absolute Gasteiger partial charge is 0.221 e. The summed E-state index contributed by atoms with van der Waals surface area (Å²) in [5.41, 5.74) is 3.71. The summed E-state index contributed by atoms with van der Waals surface area (Å²) in [6.45, 7) is 8.33. The van der Waals surface area contributed by atoms with E-state index in [1.54, 1.807) is 0 Å². The molecule has 0 saturated heterocycles. The molecule has 0 saturated carbocycles. The zero-order valence-electron chi connectivity index (χ0n) is 21.2. The number of tetrazole rings is 1. The Morgan fingerprint density at radius 2 is 1.72 bits per heavy atom. The van der Waals surface area contributed by atoms with E-state index in [0.717, 1.165) is 60.4 Å². The van der Waals surface area contributed by atoms with Crippen LogP contribution in [0.3, 0.4) is 0 Å². The molecule has 36 heavy (non-hydrogen) atoms. The summed E-state index contributed by atoms with van der Waals surface area (Å²) in [6.07, 6.45) is 5.87. The van der Waals surface area contributed by atoms with Gasteiger partial charge in [-0.25, -0.2) is 9.67 Å². The average Bonchev–Trinajstić information content (AvgIpc) is 3.59. The molecular weight excluding hydrogens is 456 g/mol. The van der Waals surface area contributed by atoms with E-state index >= 15 is 0 Å². The molecule has 0 bridgehead atoms. The molecule has 10 nitrogen and oxygen atoms in total. The number of unbranched alkanes of at least 4 members (excludes halogenated alkanes) is 1. The Morgan fingerprint density at radius 3 is 2.36 bits per heavy atom. The van der Waals surface area contributed by atoms with Crippen molar-refractivity contribution in [1.29, 1.82) is 0 Å². The lowest BCUT2D eigenvalue weighted by molar-refractivity contribution is -0.151. The molecule has 1 aromatic carbocycles. The van der Waals surface area contributed by atoms with Crippen molar-refractivity contribution in [2.24, 2.45) is 0 Å². The number of aromatic amines is 1. The van der Waals surface area contributed by atoms with Gasteiger partial charge in [-0.05, 0) is 36.1 Å². The van der Waals surface area contributed by atoms with E-state index in [0.29, 0.717) is 31.3 Å². The van der Waals surface area contributed by atoms with Crippen LogP contribution in [-0.2, 0) is 22.4 Å². The molecule has 0 aliphatic carbocycles. The molecule has 0 aliphatic heterocycles. The van der Waals surface area contributed by atoms with E-state index in [1.807, 2.05) is 41.2 Å². The lowest BCUT2D eigenvalue weighted by Crippen LogP contribution is -2.13. The third-order valence-electron chi connectivity index (χ3n) is 5.62. The zero-order valence-corrected chi connectivity index (χ0v) is 21.2. The minimum absolute atomic E-state index is 0.540. The van der Waals surface area contributed by atoms with Crippen LogP contribution in [0.2, 0.25) is 0 Å². The highest BCUT2D eigenvalue weighted by molar-refractivity contribution is 5.78. The maximum atomic E-state index is 5.92. The Balaban J connectivity index is 1.56. The summed E-state index contributed by atoms with van der Waals surface area (Å²) in [5, 5.41) is 19.2. The van der Waals surface area contributed by atoms with Crippen LogP contribution in [0.15, 0.2) is 42.6 Å². The van der Waals surface area contributed by atoms with E-state index in [9.17, 15) is 0 Å². The van der Waals surface area contributed by atoms with Crippen LogP contribution in [-0.4, -0.2) is 53.6 Å². The van der Waals surface area contributed by atoms with Crippen LogP contribution < -0.4 is 0 Å². The molecule has 3 heterocycles. The summed E-state index contributed by atoms with van der Waals surface area (Å²) in [5.74, 6) is 2.00. The molecule has 190 valence electrons. The first kappa shape index (κ1) is 25.6. The van der Waals surface area contributed by atoms with Crippen molar-refractivity contribution < 1.29 is 9.47 Å². The molecule has 0 aliphatic rings. The van der Waals surface area contributed by atoms with Crippen molar-refractivity contribution in [2.75, 3.05) is 13.2 Å². The van der Waals surface area contributed by atoms with Crippen molar-refractivity contribution in [3.8, 4) is 22.6 Å². The number of pyridine rings is 1. The fourth-order valence-corrected chi connectivity index (χ4v) is 3.81. The highest BCUT2D eigenvalue weighted by atomic mass is 16.7. The van der Waals surface area contributed by atoms with Crippen LogP contribution in [0.5, 0.6) is 0 Å². The van der Waals surface area contributed by atoms with Crippen molar-refractivity contribution in [3.05, 3.63) is 59.8 Å². The summed E-state index contributed by atoms with van der Waals surface area (Å²) in [7, 11) is 0. The Labute approximate surface area is 211 Å². The molecule has 10 heteroatoms. The average molecular weight is 491 g/mol. The first-order chi connectivity index (χ1) is 17.7. The lowest BCUT2D eigenvalue weighted by atomic mass is 10.0. The van der Waals surface area contributed by atoms with Gasteiger partial charge in [-0.2, -0.15) is 10.3 Å². The van der Waals surface area contributed by atoms with Gasteiger partial charge < -0.3 is 9.47 Å². The summed E-state index contributed by atoms with van der Waals surface area (Å²) in [4.78, 5) is 9.58. The van der Waals surface area contributed by atoms with Crippen LogP contribution >= 0.6 is 0 Å². The number of nitrogens with one attached hydrogen (secondary N) is 1. The number of ether oxygens (including phenoxy) is 2. The number of hydrogen-bond acceptors (Lipinski definition) is 8. The number of hydrogen-bond donors (Lipinski definition) is 1. The number of nitrogens with zero attached hydrogens (tertiary/aromatic N) is 7. The normalized spacial score (nSPS) is 11.4. The molecule has 0 unspecified atom stereocenters. The van der Waals surface area contributed by atoms with Crippen LogP contribution in [0.1, 0.15) is 70.0 Å². The number of H-pyrrole nitrogens is 1. The van der Waals surface area contributed by atoms with Gasteiger partial charge >= 0.3 is 0 Å². The molecular formula is C26H34N8O2. The van der Waals surface area contributed by atoms with Crippen LogP contribution in [0, 0.1) is 0 Å². The van der Waals surface area contributed by atoms with Gasteiger partial charge in [-0.3, -0.25) is 4.98 Å². The standard InChI is InChI=1S/C26H34N8O2/c1-4-7-14-34-23(28-25(31-34)26(35-15-5-2)36-16-6-3)17-19-12-13-22(27-18-19)20-10-8-9-11-21(20)24-29-32-33-30-24/h8-13,18,26H,4-7,14-17H2,1-3H3,(H,29,30,32,33). The summed E-state index contributed by atoms with van der Waals surface area (Å²) in [6, 6.07) is 12.0. The molecule has 0 spiro atoms. The summed E-state index contributed by atoms with van der Waals surface area (Å²) >= 11 is 0. The molecule has 4 rings (SSSR count). The van der Waals surface area contributed by atoms with Crippen molar-refractivity contribution in [2.45, 2.75) is 65.7 Å². The molecule has 0 atom stereocenters. The van der Waals surface area contributed by atoms with E-state index in [4.69, 9.17) is 24.5 Å². The van der Waals surface area contributed by atoms with E-state index in [1.165, 1.54) is 0 Å². The Morgan fingerprint density at radius 1 is 0.944 bits per heavy atom. The maximum Gasteiger partial charge on any atom is 0.221 e. The second-order valence-electron chi connectivity index (χ2n) is 8.55. The van der Waals surface area contributed by atoms with Gasteiger partial charge in [0.05, 0.1) is 5.69 Å². The first-order valence-corrected chi connectivity index (χ1v) is 12.7. The quantitative estimate of drug-likeness (QED) is 0.251. The highest BCUT2D eigenvalue weighted by Gasteiger charge is 2.21. The van der Waals surface area contributed by atoms with Crippen molar-refractivity contribution in [3.63, 3.8) is 0 Å². The Kier molecular flexibility index (Phi) is 9.23. The van der Waals surface area contributed by atoms with Crippen molar-refractivity contribution >= 4 is 0 Å². The second kappa shape index (κ2) is 13.0. The SMILES string of the molecule is CCCCn1nc(C(OCCC)OCCC)nc1Cc1ccc(-c2ccccc2-c2nn[nH]n2)nc1. The fraction of sp³-hybridized carbons (Fsp3) is 0.462. The Bertz CT molecular complexity index is 1180. The maximum absolute atomic E-state index is 5.92. The molecule has 3 aromatic heterocycles. The fourth-order valence-electron chi connectivity index (χ4n) is 3.81. The highest BCUT2D eigenvalue weighted by Crippen LogP contribution is 2.28. The lowest BCUT2D eigenvalue weighted by Gasteiger charge is -2.14. The molecule has 0 radical (unpaired) electrons. The van der Waals surface area contributed by atoms with Gasteiger partial charge in [0.2, 0.25) is 17.9 Å². The third-order valence-corrected chi connectivity index (χ3v) is 5.62. The monoisotopic (exact) mass is 490 g/mol. The van der Waals surface area contributed by atoms with Crippen LogP contribution in [0.25, 0.3) is 22.6 Å². The molecule has 0 amide bonds. The molecule has 0 fully saturated rings. The van der Waals surface area contributed by atoms with Gasteiger partial charge in [0, 0.05) is 43.5 Å². The van der Waals surface area contributed by atoms with E-state index in [-0.39, 0.29) is 0 Å².